The van der Waals surface area contributed by atoms with Crippen LogP contribution in [0.5, 0.6) is 0 Å². The van der Waals surface area contributed by atoms with Crippen molar-refractivity contribution in [3.8, 4) is 0 Å². The van der Waals surface area contributed by atoms with Gasteiger partial charge < -0.3 is 4.90 Å². The second-order valence-electron chi connectivity index (χ2n) is 5.52. The summed E-state index contributed by atoms with van der Waals surface area (Å²) >= 11 is 0. The second kappa shape index (κ2) is 6.72. The molecule has 0 radical (unpaired) electrons. The van der Waals surface area contributed by atoms with Crippen molar-refractivity contribution in [2.24, 2.45) is 5.92 Å². The highest BCUT2D eigenvalue weighted by molar-refractivity contribution is 5.35. The van der Waals surface area contributed by atoms with E-state index >= 15 is 0 Å². The lowest BCUT2D eigenvalue weighted by atomic mass is 9.75. The molecule has 1 aromatic rings. The van der Waals surface area contributed by atoms with Gasteiger partial charge in [-0.15, -0.1) is 0 Å². The zero-order valence-corrected chi connectivity index (χ0v) is 12.2. The fourth-order valence-electron chi connectivity index (χ4n) is 3.18. The molecule has 1 aliphatic rings. The fourth-order valence-corrected chi connectivity index (χ4v) is 3.18. The molecule has 0 spiro atoms. The molecule has 1 atom stereocenters. The third-order valence-electron chi connectivity index (χ3n) is 4.32. The van der Waals surface area contributed by atoms with Crippen molar-refractivity contribution in [2.75, 3.05) is 20.1 Å². The van der Waals surface area contributed by atoms with E-state index in [-0.39, 0.29) is 0 Å². The van der Waals surface area contributed by atoms with Crippen LogP contribution in [0.2, 0.25) is 0 Å². The van der Waals surface area contributed by atoms with E-state index in [0.29, 0.717) is 5.92 Å². The Morgan fingerprint density at radius 2 is 1.89 bits per heavy atom. The number of benzene rings is 1. The number of rotatable bonds is 4. The van der Waals surface area contributed by atoms with Crippen LogP contribution in [0.3, 0.4) is 0 Å². The van der Waals surface area contributed by atoms with Gasteiger partial charge in [0, 0.05) is 5.92 Å². The van der Waals surface area contributed by atoms with Gasteiger partial charge in [-0.1, -0.05) is 49.1 Å². The average molecular weight is 255 g/mol. The molecule has 1 heteroatoms. The maximum atomic E-state index is 4.01. The molecular weight excluding hydrogens is 230 g/mol. The standard InChI is InChI=1S/C18H25N/c1-4-15(5-2)18(16-9-7-6-8-10-16)17-11-13-19(3)14-12-17/h4-10,17-18H,1,11-14H2,2-3H3/b15-5+. The molecular formula is C18H25N. The summed E-state index contributed by atoms with van der Waals surface area (Å²) in [6.45, 7) is 8.56. The van der Waals surface area contributed by atoms with Gasteiger partial charge in [-0.3, -0.25) is 0 Å². The Balaban J connectivity index is 2.27. The number of hydrogen-bond donors (Lipinski definition) is 0. The van der Waals surface area contributed by atoms with E-state index in [0.717, 1.165) is 5.92 Å². The van der Waals surface area contributed by atoms with Crippen LogP contribution in [0.1, 0.15) is 31.2 Å². The topological polar surface area (TPSA) is 3.24 Å². The first-order valence-electron chi connectivity index (χ1n) is 7.28. The minimum atomic E-state index is 0.511. The quantitative estimate of drug-likeness (QED) is 0.727. The maximum absolute atomic E-state index is 4.01. The molecule has 19 heavy (non-hydrogen) atoms. The molecule has 2 rings (SSSR count). The van der Waals surface area contributed by atoms with E-state index in [1.165, 1.54) is 37.1 Å². The summed E-state index contributed by atoms with van der Waals surface area (Å²) in [4.78, 5) is 2.43. The predicted molar refractivity (Wildman–Crippen MR) is 83.4 cm³/mol. The van der Waals surface area contributed by atoms with Crippen LogP contribution in [0.4, 0.5) is 0 Å². The number of piperidine rings is 1. The first-order chi connectivity index (χ1) is 9.26. The molecule has 1 saturated heterocycles. The summed E-state index contributed by atoms with van der Waals surface area (Å²) in [6, 6.07) is 10.9. The summed E-state index contributed by atoms with van der Waals surface area (Å²) in [6.07, 6.45) is 6.82. The molecule has 1 unspecified atom stereocenters. The SMILES string of the molecule is C=C/C(=C\C)C(c1ccccc1)C1CCN(C)CC1. The van der Waals surface area contributed by atoms with E-state index in [1.807, 2.05) is 6.08 Å². The van der Waals surface area contributed by atoms with Crippen LogP contribution in [-0.2, 0) is 0 Å². The van der Waals surface area contributed by atoms with E-state index in [9.17, 15) is 0 Å². The lowest BCUT2D eigenvalue weighted by Gasteiger charge is -2.35. The van der Waals surface area contributed by atoms with Crippen molar-refractivity contribution < 1.29 is 0 Å². The number of allylic oxidation sites excluding steroid dienone is 3. The minimum absolute atomic E-state index is 0.511. The Hall–Kier alpha value is -1.34. The van der Waals surface area contributed by atoms with Crippen LogP contribution >= 0.6 is 0 Å². The number of likely N-dealkylation sites (tertiary alicyclic amines) is 1. The van der Waals surface area contributed by atoms with E-state index in [2.05, 4.69) is 61.9 Å². The minimum Gasteiger partial charge on any atom is -0.306 e. The first-order valence-corrected chi connectivity index (χ1v) is 7.28. The maximum Gasteiger partial charge on any atom is 0.0115 e. The summed E-state index contributed by atoms with van der Waals surface area (Å²) in [5.74, 6) is 1.25. The smallest absolute Gasteiger partial charge is 0.0115 e. The van der Waals surface area contributed by atoms with E-state index in [4.69, 9.17) is 0 Å². The Morgan fingerprint density at radius 1 is 1.26 bits per heavy atom. The largest absolute Gasteiger partial charge is 0.306 e. The molecule has 1 aliphatic heterocycles. The molecule has 1 heterocycles. The van der Waals surface area contributed by atoms with Gasteiger partial charge in [0.25, 0.3) is 0 Å². The Labute approximate surface area is 117 Å². The van der Waals surface area contributed by atoms with Gasteiger partial charge in [0.1, 0.15) is 0 Å². The Morgan fingerprint density at radius 3 is 2.42 bits per heavy atom. The third kappa shape index (κ3) is 3.36. The van der Waals surface area contributed by atoms with Gasteiger partial charge in [0.05, 0.1) is 0 Å². The second-order valence-corrected chi connectivity index (χ2v) is 5.52. The van der Waals surface area contributed by atoms with Crippen molar-refractivity contribution in [3.05, 3.63) is 60.2 Å². The van der Waals surface area contributed by atoms with Gasteiger partial charge in [-0.05, 0) is 57.0 Å². The monoisotopic (exact) mass is 255 g/mol. The third-order valence-corrected chi connectivity index (χ3v) is 4.32. The number of nitrogens with zero attached hydrogens (tertiary/aromatic N) is 1. The zero-order chi connectivity index (χ0) is 13.7. The van der Waals surface area contributed by atoms with Crippen molar-refractivity contribution in [1.82, 2.24) is 4.90 Å². The molecule has 0 amide bonds. The van der Waals surface area contributed by atoms with Gasteiger partial charge >= 0.3 is 0 Å². The van der Waals surface area contributed by atoms with Gasteiger partial charge in [0.2, 0.25) is 0 Å². The van der Waals surface area contributed by atoms with Gasteiger partial charge in [0.15, 0.2) is 0 Å². The van der Waals surface area contributed by atoms with Gasteiger partial charge in [-0.2, -0.15) is 0 Å². The van der Waals surface area contributed by atoms with Crippen molar-refractivity contribution in [2.45, 2.75) is 25.7 Å². The summed E-state index contributed by atoms with van der Waals surface area (Å²) in [5, 5.41) is 0. The fraction of sp³-hybridized carbons (Fsp3) is 0.444. The molecule has 0 saturated carbocycles. The molecule has 1 nitrogen and oxygen atoms in total. The molecule has 0 aromatic heterocycles. The highest BCUT2D eigenvalue weighted by atomic mass is 15.1. The van der Waals surface area contributed by atoms with Crippen LogP contribution < -0.4 is 0 Å². The van der Waals surface area contributed by atoms with Crippen molar-refractivity contribution in [1.29, 1.82) is 0 Å². The van der Waals surface area contributed by atoms with Crippen LogP contribution in [-0.4, -0.2) is 25.0 Å². The van der Waals surface area contributed by atoms with Gasteiger partial charge in [-0.25, -0.2) is 0 Å². The highest BCUT2D eigenvalue weighted by Crippen LogP contribution is 2.38. The Bertz CT molecular complexity index is 424. The summed E-state index contributed by atoms with van der Waals surface area (Å²) in [5.41, 5.74) is 2.81. The molecule has 1 aromatic carbocycles. The van der Waals surface area contributed by atoms with Crippen LogP contribution in [0.15, 0.2) is 54.6 Å². The lowest BCUT2D eigenvalue weighted by Crippen LogP contribution is -2.33. The van der Waals surface area contributed by atoms with Crippen molar-refractivity contribution >= 4 is 0 Å². The normalized spacial score (nSPS) is 20.2. The molecule has 0 N–H and O–H groups in total. The highest BCUT2D eigenvalue weighted by Gasteiger charge is 2.27. The van der Waals surface area contributed by atoms with Crippen LogP contribution in [0, 0.1) is 5.92 Å². The zero-order valence-electron chi connectivity index (χ0n) is 12.2. The molecule has 0 aliphatic carbocycles. The Kier molecular flexibility index (Phi) is 4.98. The summed E-state index contributed by atoms with van der Waals surface area (Å²) in [7, 11) is 2.22. The van der Waals surface area contributed by atoms with E-state index < -0.39 is 0 Å². The lowest BCUT2D eigenvalue weighted by molar-refractivity contribution is 0.207. The molecule has 0 bridgehead atoms. The summed E-state index contributed by atoms with van der Waals surface area (Å²) < 4.78 is 0. The van der Waals surface area contributed by atoms with Crippen molar-refractivity contribution in [3.63, 3.8) is 0 Å². The van der Waals surface area contributed by atoms with Crippen LogP contribution in [0.25, 0.3) is 0 Å². The molecule has 1 fully saturated rings. The average Bonchev–Trinajstić information content (AvgIpc) is 2.47. The molecule has 102 valence electrons. The predicted octanol–water partition coefficient (Wildman–Crippen LogP) is 4.24. The number of hydrogen-bond acceptors (Lipinski definition) is 1. The van der Waals surface area contributed by atoms with E-state index in [1.54, 1.807) is 0 Å². The first kappa shape index (κ1) is 14.1.